The van der Waals surface area contributed by atoms with Crippen LogP contribution in [-0.4, -0.2) is 7.11 Å². The third kappa shape index (κ3) is 4.24. The molecule has 0 saturated heterocycles. The minimum absolute atomic E-state index is 0.594. The summed E-state index contributed by atoms with van der Waals surface area (Å²) >= 11 is 5.84. The molecule has 0 spiro atoms. The third-order valence-corrected chi connectivity index (χ3v) is 3.20. The van der Waals surface area contributed by atoms with Gasteiger partial charge in [0.15, 0.2) is 0 Å². The zero-order valence-corrected chi connectivity index (χ0v) is 12.3. The van der Waals surface area contributed by atoms with Gasteiger partial charge < -0.3 is 4.74 Å². The van der Waals surface area contributed by atoms with Gasteiger partial charge in [0.1, 0.15) is 5.75 Å². The molecule has 0 aliphatic rings. The van der Waals surface area contributed by atoms with Crippen LogP contribution in [0.5, 0.6) is 5.75 Å². The van der Waals surface area contributed by atoms with E-state index in [0.717, 1.165) is 16.9 Å². The summed E-state index contributed by atoms with van der Waals surface area (Å²) in [7, 11) is 1.64. The Morgan fingerprint density at radius 2 is 1.76 bits per heavy atom. The van der Waals surface area contributed by atoms with Crippen LogP contribution in [0.4, 0.5) is 0 Å². The van der Waals surface area contributed by atoms with E-state index in [1.54, 1.807) is 25.3 Å². The molecule has 0 atom stereocenters. The first-order chi connectivity index (χ1) is 10.2. The maximum atomic E-state index is 9.21. The summed E-state index contributed by atoms with van der Waals surface area (Å²) in [5, 5.41) is 9.87. The lowest BCUT2D eigenvalue weighted by Gasteiger charge is -1.99. The van der Waals surface area contributed by atoms with Crippen molar-refractivity contribution in [1.29, 1.82) is 5.26 Å². The highest BCUT2D eigenvalue weighted by Gasteiger charge is 1.98. The van der Waals surface area contributed by atoms with Crippen LogP contribution in [0.15, 0.2) is 60.7 Å². The van der Waals surface area contributed by atoms with Crippen molar-refractivity contribution in [2.45, 2.75) is 0 Å². The lowest BCUT2D eigenvalue weighted by molar-refractivity contribution is 0.415. The number of halogens is 1. The lowest BCUT2D eigenvalue weighted by atomic mass is 10.1. The molecular weight excluding hydrogens is 282 g/mol. The molecule has 0 heterocycles. The van der Waals surface area contributed by atoms with E-state index in [1.165, 1.54) is 0 Å². The Kier molecular flexibility index (Phi) is 5.20. The summed E-state index contributed by atoms with van der Waals surface area (Å²) < 4.78 is 5.11. The Bertz CT molecular complexity index is 691. The predicted octanol–water partition coefficient (Wildman–Crippen LogP) is 4.97. The molecule has 2 aromatic carbocycles. The minimum Gasteiger partial charge on any atom is -0.497 e. The molecule has 2 aromatic rings. The fraction of sp³-hybridized carbons (Fsp3) is 0.0556. The Morgan fingerprint density at radius 1 is 1.10 bits per heavy atom. The van der Waals surface area contributed by atoms with E-state index in [2.05, 4.69) is 6.07 Å². The van der Waals surface area contributed by atoms with Crippen molar-refractivity contribution in [3.8, 4) is 11.8 Å². The molecule has 0 N–H and O–H groups in total. The van der Waals surface area contributed by atoms with Gasteiger partial charge in [-0.1, -0.05) is 48.0 Å². The molecule has 0 aliphatic heterocycles. The molecule has 104 valence electrons. The standard InChI is InChI=1S/C18H14ClNO/c1-21-18-11-5-14(6-12-18)3-2-4-16(13-20)15-7-9-17(19)10-8-15/h2-12H,1H3/b3-2+,16-4-. The van der Waals surface area contributed by atoms with Crippen molar-refractivity contribution in [3.63, 3.8) is 0 Å². The number of hydrogen-bond donors (Lipinski definition) is 0. The van der Waals surface area contributed by atoms with Gasteiger partial charge in [-0.15, -0.1) is 0 Å². The van der Waals surface area contributed by atoms with E-state index >= 15 is 0 Å². The first kappa shape index (κ1) is 14.9. The first-order valence-electron chi connectivity index (χ1n) is 6.41. The average Bonchev–Trinajstić information content (AvgIpc) is 2.53. The summed E-state index contributed by atoms with van der Waals surface area (Å²) in [6, 6.07) is 17.1. The van der Waals surface area contributed by atoms with Crippen LogP contribution in [0.2, 0.25) is 5.02 Å². The third-order valence-electron chi connectivity index (χ3n) is 2.94. The lowest BCUT2D eigenvalue weighted by Crippen LogP contribution is -1.81. The smallest absolute Gasteiger partial charge is 0.118 e. The molecule has 2 nitrogen and oxygen atoms in total. The number of methoxy groups -OCH3 is 1. The zero-order valence-electron chi connectivity index (χ0n) is 11.6. The number of allylic oxidation sites excluding steroid dienone is 3. The van der Waals surface area contributed by atoms with Crippen molar-refractivity contribution in [3.05, 3.63) is 76.8 Å². The molecule has 0 radical (unpaired) electrons. The number of ether oxygens (including phenoxy) is 1. The van der Waals surface area contributed by atoms with E-state index < -0.39 is 0 Å². The number of hydrogen-bond acceptors (Lipinski definition) is 2. The van der Waals surface area contributed by atoms with Crippen molar-refractivity contribution in [2.24, 2.45) is 0 Å². The zero-order chi connectivity index (χ0) is 15.1. The summed E-state index contributed by atoms with van der Waals surface area (Å²) in [5.74, 6) is 0.821. The van der Waals surface area contributed by atoms with Crippen LogP contribution >= 0.6 is 11.6 Å². The van der Waals surface area contributed by atoms with Gasteiger partial charge in [-0.25, -0.2) is 0 Å². The monoisotopic (exact) mass is 295 g/mol. The van der Waals surface area contributed by atoms with Gasteiger partial charge >= 0.3 is 0 Å². The average molecular weight is 296 g/mol. The number of benzene rings is 2. The van der Waals surface area contributed by atoms with Gasteiger partial charge in [-0.05, 0) is 41.5 Å². The molecule has 0 aromatic heterocycles. The van der Waals surface area contributed by atoms with Crippen LogP contribution in [0.25, 0.3) is 11.6 Å². The van der Waals surface area contributed by atoms with Crippen molar-refractivity contribution >= 4 is 23.3 Å². The summed E-state index contributed by atoms with van der Waals surface area (Å²) in [5.41, 5.74) is 2.48. The maximum Gasteiger partial charge on any atom is 0.118 e. The number of nitriles is 1. The first-order valence-corrected chi connectivity index (χ1v) is 6.79. The van der Waals surface area contributed by atoms with Crippen LogP contribution in [0, 0.1) is 11.3 Å². The van der Waals surface area contributed by atoms with E-state index in [0.29, 0.717) is 10.6 Å². The minimum atomic E-state index is 0.594. The Morgan fingerprint density at radius 3 is 2.33 bits per heavy atom. The number of nitrogens with zero attached hydrogens (tertiary/aromatic N) is 1. The highest BCUT2D eigenvalue weighted by atomic mass is 35.5. The molecule has 2 rings (SSSR count). The van der Waals surface area contributed by atoms with Gasteiger partial charge in [0.25, 0.3) is 0 Å². The van der Waals surface area contributed by atoms with Crippen molar-refractivity contribution in [1.82, 2.24) is 0 Å². The maximum absolute atomic E-state index is 9.21. The second kappa shape index (κ2) is 7.33. The van der Waals surface area contributed by atoms with Gasteiger partial charge in [-0.3, -0.25) is 0 Å². The van der Waals surface area contributed by atoms with Gasteiger partial charge in [0.2, 0.25) is 0 Å². The normalized spacial score (nSPS) is 11.4. The summed E-state index contributed by atoms with van der Waals surface area (Å²) in [6.45, 7) is 0. The van der Waals surface area contributed by atoms with Gasteiger partial charge in [-0.2, -0.15) is 5.26 Å². The Hall–Kier alpha value is -2.50. The fourth-order valence-electron chi connectivity index (χ4n) is 1.80. The topological polar surface area (TPSA) is 33.0 Å². The SMILES string of the molecule is COc1ccc(/C=C/C=C(/C#N)c2ccc(Cl)cc2)cc1. The molecule has 0 aliphatic carbocycles. The summed E-state index contributed by atoms with van der Waals surface area (Å²) in [6.07, 6.45) is 5.58. The number of rotatable bonds is 4. The van der Waals surface area contributed by atoms with E-state index in [-0.39, 0.29) is 0 Å². The largest absolute Gasteiger partial charge is 0.497 e. The predicted molar refractivity (Wildman–Crippen MR) is 87.1 cm³/mol. The van der Waals surface area contributed by atoms with Gasteiger partial charge in [0, 0.05) is 5.02 Å². The second-order valence-corrected chi connectivity index (χ2v) is 4.77. The fourth-order valence-corrected chi connectivity index (χ4v) is 1.92. The van der Waals surface area contributed by atoms with Crippen molar-refractivity contribution in [2.75, 3.05) is 7.11 Å². The highest BCUT2D eigenvalue weighted by Crippen LogP contribution is 2.18. The van der Waals surface area contributed by atoms with Crippen LogP contribution in [0.1, 0.15) is 11.1 Å². The second-order valence-electron chi connectivity index (χ2n) is 4.33. The van der Waals surface area contributed by atoms with E-state index in [1.807, 2.05) is 48.6 Å². The molecule has 0 bridgehead atoms. The quantitative estimate of drug-likeness (QED) is 0.589. The van der Waals surface area contributed by atoms with E-state index in [4.69, 9.17) is 16.3 Å². The molecule has 0 saturated carbocycles. The Balaban J connectivity index is 2.15. The highest BCUT2D eigenvalue weighted by molar-refractivity contribution is 6.30. The van der Waals surface area contributed by atoms with Gasteiger partial charge in [0.05, 0.1) is 18.8 Å². The van der Waals surface area contributed by atoms with E-state index in [9.17, 15) is 5.26 Å². The molecule has 0 fully saturated rings. The molecule has 3 heteroatoms. The molecule has 0 amide bonds. The van der Waals surface area contributed by atoms with Crippen LogP contribution < -0.4 is 4.74 Å². The molecule has 0 unspecified atom stereocenters. The molecular formula is C18H14ClNO. The van der Waals surface area contributed by atoms with Crippen LogP contribution in [0.3, 0.4) is 0 Å². The van der Waals surface area contributed by atoms with Crippen molar-refractivity contribution < 1.29 is 4.74 Å². The summed E-state index contributed by atoms with van der Waals surface area (Å²) in [4.78, 5) is 0. The Labute approximate surface area is 129 Å². The van der Waals surface area contributed by atoms with Crippen LogP contribution in [-0.2, 0) is 0 Å². The molecule has 21 heavy (non-hydrogen) atoms.